The molecule has 0 unspecified atom stereocenters. The van der Waals surface area contributed by atoms with E-state index in [2.05, 4.69) is 13.8 Å². The summed E-state index contributed by atoms with van der Waals surface area (Å²) in [6.07, 6.45) is 14.4. The SMILES string of the molecule is CCCCCCCCCCC[C@@H](O)C[C@H](OC(=O)c1ccccc1)[C@H](CCCCCC)C(=O)O. The van der Waals surface area contributed by atoms with Crippen LogP contribution in [0, 0.1) is 5.92 Å². The second-order valence-electron chi connectivity index (χ2n) is 9.61. The highest BCUT2D eigenvalue weighted by Crippen LogP contribution is 2.24. The second kappa shape index (κ2) is 19.4. The number of unbranched alkanes of at least 4 members (excludes halogenated alkanes) is 11. The number of ether oxygens (including phenoxy) is 1. The molecule has 0 aliphatic rings. The third kappa shape index (κ3) is 13.7. The number of carboxylic acids is 1. The van der Waals surface area contributed by atoms with E-state index < -0.39 is 30.1 Å². The van der Waals surface area contributed by atoms with Crippen LogP contribution in [0.25, 0.3) is 0 Å². The quantitative estimate of drug-likeness (QED) is 0.141. The fraction of sp³-hybridized carbons (Fsp3) is 0.724. The molecule has 0 saturated heterocycles. The van der Waals surface area contributed by atoms with Crippen molar-refractivity contribution in [3.63, 3.8) is 0 Å². The van der Waals surface area contributed by atoms with Crippen molar-refractivity contribution < 1.29 is 24.5 Å². The Bertz CT molecular complexity index is 645. The summed E-state index contributed by atoms with van der Waals surface area (Å²) in [4.78, 5) is 24.7. The van der Waals surface area contributed by atoms with Gasteiger partial charge in [0.25, 0.3) is 0 Å². The number of hydrogen-bond donors (Lipinski definition) is 2. The molecule has 0 bridgehead atoms. The molecule has 0 aliphatic heterocycles. The van der Waals surface area contributed by atoms with Gasteiger partial charge in [-0.15, -0.1) is 0 Å². The first kappa shape index (κ1) is 30.2. The van der Waals surface area contributed by atoms with E-state index in [-0.39, 0.29) is 6.42 Å². The smallest absolute Gasteiger partial charge is 0.338 e. The van der Waals surface area contributed by atoms with Crippen LogP contribution in [-0.2, 0) is 9.53 Å². The molecule has 194 valence electrons. The molecule has 0 amide bonds. The molecule has 34 heavy (non-hydrogen) atoms. The lowest BCUT2D eigenvalue weighted by atomic mass is 9.90. The Morgan fingerprint density at radius 3 is 1.82 bits per heavy atom. The van der Waals surface area contributed by atoms with Gasteiger partial charge < -0.3 is 14.9 Å². The minimum atomic E-state index is -0.961. The van der Waals surface area contributed by atoms with Crippen molar-refractivity contribution >= 4 is 11.9 Å². The van der Waals surface area contributed by atoms with E-state index in [9.17, 15) is 19.8 Å². The van der Waals surface area contributed by atoms with Gasteiger partial charge in [0.15, 0.2) is 0 Å². The van der Waals surface area contributed by atoms with E-state index >= 15 is 0 Å². The van der Waals surface area contributed by atoms with Crippen molar-refractivity contribution in [2.75, 3.05) is 0 Å². The number of aliphatic hydroxyl groups is 1. The molecule has 0 heterocycles. The normalized spacial score (nSPS) is 13.9. The van der Waals surface area contributed by atoms with Crippen molar-refractivity contribution in [1.29, 1.82) is 0 Å². The maximum Gasteiger partial charge on any atom is 0.338 e. The molecular weight excluding hydrogens is 428 g/mol. The summed E-state index contributed by atoms with van der Waals surface area (Å²) in [5.41, 5.74) is 0.399. The number of carbonyl (C=O) groups excluding carboxylic acids is 1. The Morgan fingerprint density at radius 1 is 0.765 bits per heavy atom. The van der Waals surface area contributed by atoms with Crippen molar-refractivity contribution in [2.45, 2.75) is 129 Å². The van der Waals surface area contributed by atoms with Gasteiger partial charge in [-0.2, -0.15) is 0 Å². The first-order chi connectivity index (χ1) is 16.5. The molecule has 0 fully saturated rings. The standard InChI is InChI=1S/C29H48O5/c1-3-5-7-9-10-11-12-13-17-21-25(30)23-27(26(28(31)32)22-18-8-6-4-2)34-29(33)24-19-15-14-16-20-24/h14-16,19-20,25-27,30H,3-13,17-18,21-23H2,1-2H3,(H,31,32)/t25-,26+,27+/m1/s1. The van der Waals surface area contributed by atoms with E-state index in [1.807, 2.05) is 6.07 Å². The molecule has 0 aromatic heterocycles. The number of benzene rings is 1. The van der Waals surface area contributed by atoms with Crippen molar-refractivity contribution in [2.24, 2.45) is 5.92 Å². The summed E-state index contributed by atoms with van der Waals surface area (Å²) >= 11 is 0. The third-order valence-electron chi connectivity index (χ3n) is 6.55. The Kier molecular flexibility index (Phi) is 17.2. The number of rotatable bonds is 21. The van der Waals surface area contributed by atoms with Crippen molar-refractivity contribution in [1.82, 2.24) is 0 Å². The first-order valence-electron chi connectivity index (χ1n) is 13.7. The van der Waals surface area contributed by atoms with Crippen LogP contribution in [0.15, 0.2) is 30.3 Å². The Morgan fingerprint density at radius 2 is 1.26 bits per heavy atom. The zero-order valence-corrected chi connectivity index (χ0v) is 21.6. The number of hydrogen-bond acceptors (Lipinski definition) is 4. The molecule has 1 aromatic rings. The van der Waals surface area contributed by atoms with Crippen LogP contribution in [0.2, 0.25) is 0 Å². The lowest BCUT2D eigenvalue weighted by Crippen LogP contribution is -2.35. The van der Waals surface area contributed by atoms with Gasteiger partial charge in [-0.1, -0.05) is 116 Å². The van der Waals surface area contributed by atoms with Gasteiger partial charge in [0.2, 0.25) is 0 Å². The van der Waals surface area contributed by atoms with Gasteiger partial charge in [-0.3, -0.25) is 4.79 Å². The van der Waals surface area contributed by atoms with Gasteiger partial charge in [-0.25, -0.2) is 4.79 Å². The molecule has 2 N–H and O–H groups in total. The Hall–Kier alpha value is -1.88. The molecule has 5 nitrogen and oxygen atoms in total. The summed E-state index contributed by atoms with van der Waals surface area (Å²) in [7, 11) is 0. The van der Waals surface area contributed by atoms with Crippen LogP contribution in [0.5, 0.6) is 0 Å². The number of esters is 1. The van der Waals surface area contributed by atoms with Crippen LogP contribution < -0.4 is 0 Å². The van der Waals surface area contributed by atoms with Crippen LogP contribution in [0.4, 0.5) is 0 Å². The molecule has 5 heteroatoms. The fourth-order valence-corrected chi connectivity index (χ4v) is 4.41. The summed E-state index contributed by atoms with van der Waals surface area (Å²) in [6.45, 7) is 4.34. The van der Waals surface area contributed by atoms with Crippen LogP contribution >= 0.6 is 0 Å². The van der Waals surface area contributed by atoms with E-state index in [1.54, 1.807) is 24.3 Å². The molecule has 3 atom stereocenters. The number of carbonyl (C=O) groups is 2. The highest BCUT2D eigenvalue weighted by atomic mass is 16.5. The van der Waals surface area contributed by atoms with E-state index in [1.165, 1.54) is 44.9 Å². The Balaban J connectivity index is 2.59. The van der Waals surface area contributed by atoms with E-state index in [0.717, 1.165) is 38.5 Å². The third-order valence-corrected chi connectivity index (χ3v) is 6.55. The Labute approximate surface area is 207 Å². The lowest BCUT2D eigenvalue weighted by Gasteiger charge is -2.26. The molecule has 0 radical (unpaired) electrons. The van der Waals surface area contributed by atoms with Gasteiger partial charge in [0.1, 0.15) is 6.10 Å². The number of carboxylic acid groups (broad SMARTS) is 1. The monoisotopic (exact) mass is 476 g/mol. The van der Waals surface area contributed by atoms with Crippen LogP contribution in [-0.4, -0.2) is 34.4 Å². The molecule has 0 spiro atoms. The molecular formula is C29H48O5. The maximum absolute atomic E-state index is 12.7. The molecule has 1 rings (SSSR count). The maximum atomic E-state index is 12.7. The molecule has 0 saturated carbocycles. The van der Waals surface area contributed by atoms with Gasteiger partial charge in [-0.05, 0) is 25.0 Å². The van der Waals surface area contributed by atoms with Crippen molar-refractivity contribution in [3.05, 3.63) is 35.9 Å². The van der Waals surface area contributed by atoms with E-state index in [4.69, 9.17) is 4.74 Å². The van der Waals surface area contributed by atoms with Gasteiger partial charge in [0.05, 0.1) is 17.6 Å². The number of aliphatic carboxylic acids is 1. The minimum absolute atomic E-state index is 0.167. The summed E-state index contributed by atoms with van der Waals surface area (Å²) in [5, 5.41) is 20.5. The highest BCUT2D eigenvalue weighted by molar-refractivity contribution is 5.89. The van der Waals surface area contributed by atoms with Gasteiger partial charge in [0, 0.05) is 6.42 Å². The first-order valence-corrected chi connectivity index (χ1v) is 13.7. The van der Waals surface area contributed by atoms with Crippen molar-refractivity contribution in [3.8, 4) is 0 Å². The molecule has 0 aliphatic carbocycles. The highest BCUT2D eigenvalue weighted by Gasteiger charge is 2.33. The fourth-order valence-electron chi connectivity index (χ4n) is 4.41. The lowest BCUT2D eigenvalue weighted by molar-refractivity contribution is -0.147. The largest absolute Gasteiger partial charge is 0.481 e. The zero-order valence-electron chi connectivity index (χ0n) is 21.6. The van der Waals surface area contributed by atoms with Gasteiger partial charge >= 0.3 is 11.9 Å². The summed E-state index contributed by atoms with van der Waals surface area (Å²) in [6, 6.07) is 8.65. The predicted octanol–water partition coefficient (Wildman–Crippen LogP) is 7.56. The van der Waals surface area contributed by atoms with E-state index in [0.29, 0.717) is 18.4 Å². The average molecular weight is 477 g/mol. The summed E-state index contributed by atoms with van der Waals surface area (Å²) in [5.74, 6) is -2.29. The van der Waals surface area contributed by atoms with Crippen LogP contribution in [0.1, 0.15) is 127 Å². The average Bonchev–Trinajstić information content (AvgIpc) is 2.83. The summed E-state index contributed by atoms with van der Waals surface area (Å²) < 4.78 is 5.70. The topological polar surface area (TPSA) is 83.8 Å². The zero-order chi connectivity index (χ0) is 25.0. The minimum Gasteiger partial charge on any atom is -0.481 e. The van der Waals surface area contributed by atoms with Crippen LogP contribution in [0.3, 0.4) is 0 Å². The second-order valence-corrected chi connectivity index (χ2v) is 9.61. The number of aliphatic hydroxyl groups excluding tert-OH is 1. The predicted molar refractivity (Wildman–Crippen MR) is 138 cm³/mol. The molecule has 1 aromatic carbocycles.